The van der Waals surface area contributed by atoms with Gasteiger partial charge in [0.1, 0.15) is 11.9 Å². The third-order valence-corrected chi connectivity index (χ3v) is 3.42. The fourth-order valence-corrected chi connectivity index (χ4v) is 2.27. The fourth-order valence-electron chi connectivity index (χ4n) is 2.27. The van der Waals surface area contributed by atoms with Gasteiger partial charge in [-0.15, -0.1) is 0 Å². The maximum atomic E-state index is 10.4. The summed E-state index contributed by atoms with van der Waals surface area (Å²) in [5, 5.41) is 24.6. The number of aryl methyl sites for hydroxylation is 1. The highest BCUT2D eigenvalue weighted by atomic mass is 16.3. The molecule has 1 heterocycles. The van der Waals surface area contributed by atoms with Crippen LogP contribution in [0.5, 0.6) is 5.75 Å². The third-order valence-electron chi connectivity index (χ3n) is 3.42. The lowest BCUT2D eigenvalue weighted by Crippen LogP contribution is -1.99. The molecule has 2 aromatic carbocycles. The van der Waals surface area contributed by atoms with Crippen molar-refractivity contribution >= 4 is 0 Å². The molecule has 106 valence electrons. The number of aliphatic hydroxyl groups is 1. The second kappa shape index (κ2) is 5.42. The first-order chi connectivity index (χ1) is 10.1. The van der Waals surface area contributed by atoms with Crippen molar-refractivity contribution in [3.8, 4) is 11.4 Å². The molecule has 0 aliphatic rings. The van der Waals surface area contributed by atoms with E-state index in [0.717, 1.165) is 11.3 Å². The van der Waals surface area contributed by atoms with E-state index in [1.165, 1.54) is 0 Å². The molecule has 0 saturated carbocycles. The van der Waals surface area contributed by atoms with E-state index in [1.54, 1.807) is 35.3 Å². The zero-order chi connectivity index (χ0) is 14.8. The summed E-state index contributed by atoms with van der Waals surface area (Å²) in [6.07, 6.45) is 2.48. The molecule has 0 saturated heterocycles. The number of aromatic hydroxyl groups is 1. The van der Waals surface area contributed by atoms with Gasteiger partial charge in [0.25, 0.3) is 0 Å². The smallest absolute Gasteiger partial charge is 0.121 e. The van der Waals surface area contributed by atoms with Gasteiger partial charge in [-0.25, -0.2) is 4.68 Å². The van der Waals surface area contributed by atoms with E-state index in [2.05, 4.69) is 5.10 Å². The molecular weight excluding hydrogens is 264 g/mol. The summed E-state index contributed by atoms with van der Waals surface area (Å²) < 4.78 is 1.70. The first-order valence-corrected chi connectivity index (χ1v) is 6.73. The van der Waals surface area contributed by atoms with Gasteiger partial charge >= 0.3 is 0 Å². The van der Waals surface area contributed by atoms with Crippen LogP contribution in [0.1, 0.15) is 22.8 Å². The van der Waals surface area contributed by atoms with Crippen LogP contribution in [0.25, 0.3) is 5.69 Å². The molecule has 21 heavy (non-hydrogen) atoms. The molecule has 0 aliphatic carbocycles. The van der Waals surface area contributed by atoms with Gasteiger partial charge in [0.15, 0.2) is 0 Å². The topological polar surface area (TPSA) is 58.3 Å². The predicted octanol–water partition coefficient (Wildman–Crippen LogP) is 2.97. The van der Waals surface area contributed by atoms with Crippen LogP contribution in [0.3, 0.4) is 0 Å². The second-order valence-corrected chi connectivity index (χ2v) is 5.02. The Hall–Kier alpha value is -2.59. The SMILES string of the molecule is Cc1ccc(O)c(C(O)c2cnn(-c3ccccc3)c2)c1. The summed E-state index contributed by atoms with van der Waals surface area (Å²) in [5.41, 5.74) is 3.03. The van der Waals surface area contributed by atoms with E-state index < -0.39 is 6.10 Å². The zero-order valence-corrected chi connectivity index (χ0v) is 11.6. The summed E-state index contributed by atoms with van der Waals surface area (Å²) >= 11 is 0. The van der Waals surface area contributed by atoms with Crippen molar-refractivity contribution in [3.63, 3.8) is 0 Å². The van der Waals surface area contributed by atoms with E-state index in [4.69, 9.17) is 0 Å². The van der Waals surface area contributed by atoms with Gasteiger partial charge in [-0.2, -0.15) is 5.10 Å². The van der Waals surface area contributed by atoms with E-state index in [0.29, 0.717) is 11.1 Å². The van der Waals surface area contributed by atoms with Crippen LogP contribution in [0, 0.1) is 6.92 Å². The van der Waals surface area contributed by atoms with Crippen LogP contribution in [0.4, 0.5) is 0 Å². The van der Waals surface area contributed by atoms with Gasteiger partial charge in [-0.1, -0.05) is 29.8 Å². The molecule has 0 amide bonds. The van der Waals surface area contributed by atoms with E-state index in [9.17, 15) is 10.2 Å². The van der Waals surface area contributed by atoms with Crippen molar-refractivity contribution in [2.45, 2.75) is 13.0 Å². The van der Waals surface area contributed by atoms with E-state index in [1.807, 2.05) is 37.3 Å². The number of rotatable bonds is 3. The van der Waals surface area contributed by atoms with Crippen molar-refractivity contribution in [2.24, 2.45) is 0 Å². The summed E-state index contributed by atoms with van der Waals surface area (Å²) in [6, 6.07) is 14.8. The number of hydrogen-bond donors (Lipinski definition) is 2. The Labute approximate surface area is 122 Å². The predicted molar refractivity (Wildman–Crippen MR) is 80.5 cm³/mol. The molecule has 3 rings (SSSR count). The molecule has 0 bridgehead atoms. The number of hydrogen-bond acceptors (Lipinski definition) is 3. The Morgan fingerprint density at radius 2 is 1.86 bits per heavy atom. The molecule has 1 aromatic heterocycles. The molecule has 0 spiro atoms. The van der Waals surface area contributed by atoms with Crippen LogP contribution in [-0.2, 0) is 0 Å². The van der Waals surface area contributed by atoms with Gasteiger partial charge in [0.05, 0.1) is 11.9 Å². The largest absolute Gasteiger partial charge is 0.508 e. The summed E-state index contributed by atoms with van der Waals surface area (Å²) in [4.78, 5) is 0. The maximum absolute atomic E-state index is 10.4. The summed E-state index contributed by atoms with van der Waals surface area (Å²) in [6.45, 7) is 1.92. The minimum Gasteiger partial charge on any atom is -0.508 e. The van der Waals surface area contributed by atoms with Crippen LogP contribution in [0.2, 0.25) is 0 Å². The quantitative estimate of drug-likeness (QED) is 0.775. The van der Waals surface area contributed by atoms with Crippen molar-refractivity contribution in [3.05, 3.63) is 77.6 Å². The number of aliphatic hydroxyl groups excluding tert-OH is 1. The van der Waals surface area contributed by atoms with Crippen molar-refractivity contribution in [1.82, 2.24) is 9.78 Å². The summed E-state index contributed by atoms with van der Waals surface area (Å²) in [7, 11) is 0. The zero-order valence-electron chi connectivity index (χ0n) is 11.6. The van der Waals surface area contributed by atoms with Crippen molar-refractivity contribution < 1.29 is 10.2 Å². The minimum absolute atomic E-state index is 0.0839. The van der Waals surface area contributed by atoms with Gasteiger partial charge in [0, 0.05) is 17.3 Å². The first-order valence-electron chi connectivity index (χ1n) is 6.73. The molecule has 2 N–H and O–H groups in total. The Morgan fingerprint density at radius 3 is 2.62 bits per heavy atom. The third kappa shape index (κ3) is 2.66. The van der Waals surface area contributed by atoms with Crippen molar-refractivity contribution in [1.29, 1.82) is 0 Å². The normalized spacial score (nSPS) is 12.3. The van der Waals surface area contributed by atoms with E-state index >= 15 is 0 Å². The molecule has 0 fully saturated rings. The van der Waals surface area contributed by atoms with Gasteiger partial charge in [-0.05, 0) is 31.2 Å². The van der Waals surface area contributed by atoms with Gasteiger partial charge in [0.2, 0.25) is 0 Å². The molecule has 1 atom stereocenters. The standard InChI is InChI=1S/C17H16N2O2/c1-12-7-8-16(20)15(9-12)17(21)13-10-18-19(11-13)14-5-3-2-4-6-14/h2-11,17,20-21H,1H3. The molecule has 0 radical (unpaired) electrons. The second-order valence-electron chi connectivity index (χ2n) is 5.02. The first kappa shape index (κ1) is 13.4. The van der Waals surface area contributed by atoms with Crippen LogP contribution < -0.4 is 0 Å². The van der Waals surface area contributed by atoms with Crippen LogP contribution in [0.15, 0.2) is 60.9 Å². The lowest BCUT2D eigenvalue weighted by Gasteiger charge is -2.11. The number of phenolic OH excluding ortho intramolecular Hbond substituents is 1. The van der Waals surface area contributed by atoms with Gasteiger partial charge in [-0.3, -0.25) is 0 Å². The number of benzene rings is 2. The van der Waals surface area contributed by atoms with E-state index in [-0.39, 0.29) is 5.75 Å². The molecule has 4 nitrogen and oxygen atoms in total. The molecular formula is C17H16N2O2. The average Bonchev–Trinajstić information content (AvgIpc) is 3.00. The van der Waals surface area contributed by atoms with Gasteiger partial charge < -0.3 is 10.2 Å². The number of nitrogens with zero attached hydrogens (tertiary/aromatic N) is 2. The average molecular weight is 280 g/mol. The monoisotopic (exact) mass is 280 g/mol. The van der Waals surface area contributed by atoms with Crippen LogP contribution in [-0.4, -0.2) is 20.0 Å². The number of para-hydroxylation sites is 1. The lowest BCUT2D eigenvalue weighted by atomic mass is 10.0. The highest BCUT2D eigenvalue weighted by Crippen LogP contribution is 2.30. The maximum Gasteiger partial charge on any atom is 0.121 e. The van der Waals surface area contributed by atoms with Crippen molar-refractivity contribution in [2.75, 3.05) is 0 Å². The number of phenols is 1. The summed E-state index contributed by atoms with van der Waals surface area (Å²) in [5.74, 6) is 0.0839. The Balaban J connectivity index is 1.94. The molecule has 0 aliphatic heterocycles. The molecule has 3 aromatic rings. The molecule has 1 unspecified atom stereocenters. The highest BCUT2D eigenvalue weighted by molar-refractivity contribution is 5.41. The fraction of sp³-hybridized carbons (Fsp3) is 0.118. The molecule has 4 heteroatoms. The Kier molecular flexibility index (Phi) is 3.46. The Bertz CT molecular complexity index is 750. The minimum atomic E-state index is -0.901. The Morgan fingerprint density at radius 1 is 1.10 bits per heavy atom. The van der Waals surface area contributed by atoms with Crippen LogP contribution >= 0.6 is 0 Å². The lowest BCUT2D eigenvalue weighted by molar-refractivity contribution is 0.215. The highest BCUT2D eigenvalue weighted by Gasteiger charge is 2.16. The number of aromatic nitrogens is 2.